The summed E-state index contributed by atoms with van der Waals surface area (Å²) in [6.07, 6.45) is -0.555. The zero-order valence-electron chi connectivity index (χ0n) is 16.6. The molecule has 0 radical (unpaired) electrons. The normalized spacial score (nSPS) is 12.3. The van der Waals surface area contributed by atoms with Gasteiger partial charge in [0.15, 0.2) is 0 Å². The molecule has 0 heterocycles. The van der Waals surface area contributed by atoms with Crippen LogP contribution in [0.4, 0.5) is 9.59 Å². The molecular weight excluding hydrogens is 366 g/mol. The third-order valence-corrected chi connectivity index (χ3v) is 3.34. The fourth-order valence-electron chi connectivity index (χ4n) is 1.99. The molecule has 8 nitrogen and oxygen atoms in total. The fourth-order valence-corrected chi connectivity index (χ4v) is 1.99. The molecule has 1 aromatic rings. The van der Waals surface area contributed by atoms with Crippen molar-refractivity contribution in [3.05, 3.63) is 48.0 Å². The zero-order valence-corrected chi connectivity index (χ0v) is 16.6. The lowest BCUT2D eigenvalue weighted by atomic mass is 10.2. The van der Waals surface area contributed by atoms with E-state index in [1.165, 1.54) is 13.2 Å². The van der Waals surface area contributed by atoms with Gasteiger partial charge in [-0.1, -0.05) is 30.3 Å². The molecule has 0 aromatic heterocycles. The molecule has 2 amide bonds. The summed E-state index contributed by atoms with van der Waals surface area (Å²) in [6.45, 7) is 4.85. The molecule has 1 unspecified atom stereocenters. The van der Waals surface area contributed by atoms with E-state index in [-0.39, 0.29) is 19.6 Å². The van der Waals surface area contributed by atoms with E-state index in [1.54, 1.807) is 45.0 Å². The summed E-state index contributed by atoms with van der Waals surface area (Å²) < 4.78 is 14.9. The Morgan fingerprint density at radius 1 is 1.14 bits per heavy atom. The molecule has 1 rings (SSSR count). The van der Waals surface area contributed by atoms with Crippen LogP contribution in [-0.4, -0.2) is 53.5 Å². The number of rotatable bonds is 7. The molecule has 28 heavy (non-hydrogen) atoms. The van der Waals surface area contributed by atoms with Crippen LogP contribution in [0.15, 0.2) is 42.5 Å². The molecule has 8 heteroatoms. The van der Waals surface area contributed by atoms with E-state index in [1.807, 2.05) is 6.07 Å². The Hall–Kier alpha value is -2.87. The van der Waals surface area contributed by atoms with E-state index in [2.05, 4.69) is 4.74 Å². The first-order valence-electron chi connectivity index (χ1n) is 8.78. The third kappa shape index (κ3) is 9.18. The average Bonchev–Trinajstić information content (AvgIpc) is 2.63. The Bertz CT molecular complexity index is 680. The number of hydrogen-bond donors (Lipinski definition) is 1. The highest BCUT2D eigenvalue weighted by Gasteiger charge is 2.28. The highest BCUT2D eigenvalue weighted by molar-refractivity contribution is 5.88. The first kappa shape index (κ1) is 23.2. The molecule has 1 aromatic carbocycles. The van der Waals surface area contributed by atoms with Crippen molar-refractivity contribution >= 4 is 18.2 Å². The largest absolute Gasteiger partial charge is 0.466 e. The first-order chi connectivity index (χ1) is 13.1. The van der Waals surface area contributed by atoms with Crippen molar-refractivity contribution in [3.8, 4) is 0 Å². The van der Waals surface area contributed by atoms with Crippen LogP contribution in [0.5, 0.6) is 0 Å². The van der Waals surface area contributed by atoms with Gasteiger partial charge in [-0.25, -0.2) is 19.3 Å². The monoisotopic (exact) mass is 393 g/mol. The SMILES string of the molecule is COC(=O)C=CC(O)CCN(C(=O)OCc1ccccc1)C(=O)OC(C)(C)C. The lowest BCUT2D eigenvalue weighted by Gasteiger charge is -2.26. The Morgan fingerprint density at radius 2 is 1.79 bits per heavy atom. The van der Waals surface area contributed by atoms with Gasteiger partial charge in [0.25, 0.3) is 0 Å². The van der Waals surface area contributed by atoms with Crippen molar-refractivity contribution in [1.82, 2.24) is 4.90 Å². The molecule has 0 spiro atoms. The number of amides is 2. The quantitative estimate of drug-likeness (QED) is 0.431. The second-order valence-corrected chi connectivity index (χ2v) is 6.91. The van der Waals surface area contributed by atoms with Crippen molar-refractivity contribution in [1.29, 1.82) is 0 Å². The van der Waals surface area contributed by atoms with Crippen LogP contribution in [-0.2, 0) is 25.6 Å². The van der Waals surface area contributed by atoms with Crippen LogP contribution in [0.2, 0.25) is 0 Å². The second kappa shape index (κ2) is 11.1. The van der Waals surface area contributed by atoms with Gasteiger partial charge < -0.3 is 19.3 Å². The molecule has 0 aliphatic rings. The smallest absolute Gasteiger partial charge is 0.419 e. The Balaban J connectivity index is 2.74. The molecule has 0 aliphatic heterocycles. The number of imide groups is 1. The summed E-state index contributed by atoms with van der Waals surface area (Å²) in [5.41, 5.74) is -0.0423. The van der Waals surface area contributed by atoms with Crippen LogP contribution >= 0.6 is 0 Å². The van der Waals surface area contributed by atoms with Crippen LogP contribution in [0.3, 0.4) is 0 Å². The summed E-state index contributed by atoms with van der Waals surface area (Å²) in [5.74, 6) is -0.620. The lowest BCUT2D eigenvalue weighted by molar-refractivity contribution is -0.134. The van der Waals surface area contributed by atoms with Crippen LogP contribution in [0.1, 0.15) is 32.8 Å². The van der Waals surface area contributed by atoms with Crippen molar-refractivity contribution in [2.75, 3.05) is 13.7 Å². The second-order valence-electron chi connectivity index (χ2n) is 6.91. The first-order valence-corrected chi connectivity index (χ1v) is 8.78. The van der Waals surface area contributed by atoms with Gasteiger partial charge in [0, 0.05) is 12.6 Å². The van der Waals surface area contributed by atoms with E-state index < -0.39 is 29.9 Å². The highest BCUT2D eigenvalue weighted by Crippen LogP contribution is 2.13. The van der Waals surface area contributed by atoms with Crippen molar-refractivity contribution in [2.45, 2.75) is 45.5 Å². The van der Waals surface area contributed by atoms with Crippen LogP contribution in [0, 0.1) is 0 Å². The topological polar surface area (TPSA) is 102 Å². The minimum Gasteiger partial charge on any atom is -0.466 e. The number of esters is 1. The van der Waals surface area contributed by atoms with Crippen LogP contribution < -0.4 is 0 Å². The Kier molecular flexibility index (Phi) is 9.17. The van der Waals surface area contributed by atoms with E-state index >= 15 is 0 Å². The number of hydrogen-bond acceptors (Lipinski definition) is 7. The summed E-state index contributed by atoms with van der Waals surface area (Å²) in [6, 6.07) is 9.01. The maximum atomic E-state index is 12.4. The van der Waals surface area contributed by atoms with Gasteiger partial charge in [-0.15, -0.1) is 0 Å². The van der Waals surface area contributed by atoms with Gasteiger partial charge in [0.05, 0.1) is 13.2 Å². The Morgan fingerprint density at radius 3 is 2.36 bits per heavy atom. The molecule has 1 N–H and O–H groups in total. The number of ether oxygens (including phenoxy) is 3. The van der Waals surface area contributed by atoms with Crippen molar-refractivity contribution in [2.24, 2.45) is 0 Å². The number of aliphatic hydroxyl groups is 1. The van der Waals surface area contributed by atoms with E-state index in [4.69, 9.17) is 9.47 Å². The molecular formula is C20H27NO7. The van der Waals surface area contributed by atoms with Crippen molar-refractivity contribution < 1.29 is 33.7 Å². The molecule has 0 saturated heterocycles. The number of nitrogens with zero attached hydrogens (tertiary/aromatic N) is 1. The zero-order chi connectivity index (χ0) is 21.2. The number of benzene rings is 1. The predicted molar refractivity (Wildman–Crippen MR) is 101 cm³/mol. The van der Waals surface area contributed by atoms with E-state index in [9.17, 15) is 19.5 Å². The number of carbonyl (C=O) groups excluding carboxylic acids is 3. The minimum absolute atomic E-state index is 0.00677. The molecule has 0 bridgehead atoms. The highest BCUT2D eigenvalue weighted by atomic mass is 16.6. The molecule has 154 valence electrons. The van der Waals surface area contributed by atoms with Gasteiger partial charge in [0.1, 0.15) is 12.2 Å². The summed E-state index contributed by atoms with van der Waals surface area (Å²) in [5, 5.41) is 9.92. The lowest BCUT2D eigenvalue weighted by Crippen LogP contribution is -2.42. The van der Waals surface area contributed by atoms with Gasteiger partial charge in [0.2, 0.25) is 0 Å². The Labute approximate surface area is 164 Å². The van der Waals surface area contributed by atoms with E-state index in [0.29, 0.717) is 0 Å². The fraction of sp³-hybridized carbons (Fsp3) is 0.450. The maximum absolute atomic E-state index is 12.4. The number of methoxy groups -OCH3 is 1. The van der Waals surface area contributed by atoms with Crippen molar-refractivity contribution in [3.63, 3.8) is 0 Å². The van der Waals surface area contributed by atoms with Gasteiger partial charge in [-0.3, -0.25) is 0 Å². The van der Waals surface area contributed by atoms with Gasteiger partial charge in [-0.05, 0) is 38.8 Å². The predicted octanol–water partition coefficient (Wildman–Crippen LogP) is 3.04. The third-order valence-electron chi connectivity index (χ3n) is 3.34. The molecule has 1 atom stereocenters. The number of aliphatic hydroxyl groups excluding tert-OH is 1. The van der Waals surface area contributed by atoms with Gasteiger partial charge in [-0.2, -0.15) is 0 Å². The number of carbonyl (C=O) groups is 3. The summed E-state index contributed by atoms with van der Waals surface area (Å²) >= 11 is 0. The summed E-state index contributed by atoms with van der Waals surface area (Å²) in [7, 11) is 1.21. The van der Waals surface area contributed by atoms with E-state index in [0.717, 1.165) is 16.5 Å². The molecule has 0 saturated carbocycles. The standard InChI is InChI=1S/C20H27NO7/c1-20(2,3)28-19(25)21(13-12-16(22)10-11-17(23)26-4)18(24)27-14-15-8-6-5-7-9-15/h5-11,16,22H,12-14H2,1-4H3. The summed E-state index contributed by atoms with van der Waals surface area (Å²) in [4.78, 5) is 36.6. The molecule has 0 fully saturated rings. The maximum Gasteiger partial charge on any atom is 0.419 e. The van der Waals surface area contributed by atoms with Gasteiger partial charge >= 0.3 is 18.2 Å². The van der Waals surface area contributed by atoms with Crippen LogP contribution in [0.25, 0.3) is 0 Å². The average molecular weight is 393 g/mol. The minimum atomic E-state index is -1.06. The molecule has 0 aliphatic carbocycles.